The Morgan fingerprint density at radius 3 is 2.53 bits per heavy atom. The number of piperazine rings is 1. The summed E-state index contributed by atoms with van der Waals surface area (Å²) < 4.78 is 24.8. The topological polar surface area (TPSA) is 49.6 Å². The molecular weight excluding hydrogens is 276 g/mol. The summed E-state index contributed by atoms with van der Waals surface area (Å²) in [6.07, 6.45) is -1.22. The number of hydrogen-bond donors (Lipinski definition) is 1. The van der Waals surface area contributed by atoms with Crippen LogP contribution in [0.4, 0.5) is 8.78 Å². The van der Waals surface area contributed by atoms with Crippen LogP contribution in [0.15, 0.2) is 0 Å². The van der Waals surface area contributed by atoms with Crippen molar-refractivity contribution in [2.24, 2.45) is 5.73 Å². The van der Waals surface area contributed by atoms with E-state index in [1.807, 2.05) is 6.92 Å². The van der Waals surface area contributed by atoms with Crippen LogP contribution in [0.3, 0.4) is 0 Å². The number of rotatable bonds is 5. The maximum Gasteiger partial charge on any atom is 0.251 e. The van der Waals surface area contributed by atoms with E-state index in [1.54, 1.807) is 16.7 Å². The van der Waals surface area contributed by atoms with Crippen LogP contribution in [0.5, 0.6) is 0 Å². The lowest BCUT2D eigenvalue weighted by Gasteiger charge is -2.41. The molecule has 4 nitrogen and oxygen atoms in total. The summed E-state index contributed by atoms with van der Waals surface area (Å²) in [7, 11) is 0. The second-order valence-electron chi connectivity index (χ2n) is 4.97. The SMILES string of the molecule is CCC1CN(C(=O)CC(C)N)CCN1CC(F)F.Cl. The third kappa shape index (κ3) is 6.01. The number of carbonyl (C=O) groups is 1. The van der Waals surface area contributed by atoms with E-state index in [0.717, 1.165) is 6.42 Å². The molecule has 0 aromatic heterocycles. The van der Waals surface area contributed by atoms with Gasteiger partial charge in [0, 0.05) is 38.1 Å². The first-order valence-electron chi connectivity index (χ1n) is 6.49. The molecule has 1 heterocycles. The molecule has 2 atom stereocenters. The zero-order chi connectivity index (χ0) is 13.7. The Kier molecular flexibility index (Phi) is 8.45. The summed E-state index contributed by atoms with van der Waals surface area (Å²) >= 11 is 0. The standard InChI is InChI=1S/C12H23F2N3O.ClH/c1-3-10-7-17(12(18)6-9(2)15)5-4-16(10)8-11(13)14;/h9-11H,3-8,15H2,1-2H3;1H. The van der Waals surface area contributed by atoms with E-state index < -0.39 is 6.43 Å². The van der Waals surface area contributed by atoms with Crippen LogP contribution in [0.2, 0.25) is 0 Å². The van der Waals surface area contributed by atoms with Gasteiger partial charge in [-0.1, -0.05) is 6.92 Å². The van der Waals surface area contributed by atoms with Crippen LogP contribution in [0.1, 0.15) is 26.7 Å². The molecule has 19 heavy (non-hydrogen) atoms. The van der Waals surface area contributed by atoms with Gasteiger partial charge in [-0.3, -0.25) is 9.69 Å². The zero-order valence-corrected chi connectivity index (χ0v) is 12.3. The lowest BCUT2D eigenvalue weighted by atomic mass is 10.1. The molecule has 0 bridgehead atoms. The van der Waals surface area contributed by atoms with Crippen molar-refractivity contribution >= 4 is 18.3 Å². The smallest absolute Gasteiger partial charge is 0.251 e. The minimum atomic E-state index is -2.31. The highest BCUT2D eigenvalue weighted by Crippen LogP contribution is 2.15. The maximum atomic E-state index is 12.4. The molecule has 1 saturated heterocycles. The Labute approximate surface area is 119 Å². The zero-order valence-electron chi connectivity index (χ0n) is 11.5. The van der Waals surface area contributed by atoms with E-state index in [0.29, 0.717) is 26.1 Å². The van der Waals surface area contributed by atoms with Gasteiger partial charge in [0.25, 0.3) is 6.43 Å². The van der Waals surface area contributed by atoms with Crippen LogP contribution < -0.4 is 5.73 Å². The number of nitrogens with zero attached hydrogens (tertiary/aromatic N) is 2. The van der Waals surface area contributed by atoms with Crippen molar-refractivity contribution in [1.29, 1.82) is 0 Å². The first kappa shape index (κ1) is 18.5. The average molecular weight is 300 g/mol. The summed E-state index contributed by atoms with van der Waals surface area (Å²) in [5.74, 6) is 0.0279. The van der Waals surface area contributed by atoms with Gasteiger partial charge < -0.3 is 10.6 Å². The summed E-state index contributed by atoms with van der Waals surface area (Å²) in [5.41, 5.74) is 5.60. The van der Waals surface area contributed by atoms with Crippen molar-refractivity contribution in [2.45, 2.75) is 45.2 Å². The second-order valence-corrected chi connectivity index (χ2v) is 4.97. The molecule has 2 unspecified atom stereocenters. The van der Waals surface area contributed by atoms with Crippen LogP contribution in [0, 0.1) is 0 Å². The second kappa shape index (κ2) is 8.66. The fourth-order valence-electron chi connectivity index (χ4n) is 2.33. The van der Waals surface area contributed by atoms with E-state index in [9.17, 15) is 13.6 Å². The van der Waals surface area contributed by atoms with Gasteiger partial charge >= 0.3 is 0 Å². The van der Waals surface area contributed by atoms with Crippen molar-refractivity contribution < 1.29 is 13.6 Å². The van der Waals surface area contributed by atoms with Gasteiger partial charge in [0.15, 0.2) is 0 Å². The molecule has 114 valence electrons. The normalized spacial score (nSPS) is 22.2. The minimum absolute atomic E-state index is 0. The van der Waals surface area contributed by atoms with Crippen molar-refractivity contribution in [3.05, 3.63) is 0 Å². The van der Waals surface area contributed by atoms with Gasteiger partial charge in [0.1, 0.15) is 0 Å². The maximum absolute atomic E-state index is 12.4. The number of hydrogen-bond acceptors (Lipinski definition) is 3. The molecule has 1 amide bonds. The third-order valence-corrected chi connectivity index (χ3v) is 3.30. The first-order valence-corrected chi connectivity index (χ1v) is 6.49. The van der Waals surface area contributed by atoms with E-state index in [-0.39, 0.29) is 36.9 Å². The molecule has 0 spiro atoms. The predicted octanol–water partition coefficient (Wildman–Crippen LogP) is 1.33. The molecule has 0 saturated carbocycles. The van der Waals surface area contributed by atoms with Gasteiger partial charge in [-0.2, -0.15) is 0 Å². The quantitative estimate of drug-likeness (QED) is 0.833. The molecule has 2 N–H and O–H groups in total. The van der Waals surface area contributed by atoms with E-state index >= 15 is 0 Å². The number of amides is 1. The van der Waals surface area contributed by atoms with Crippen LogP contribution in [-0.2, 0) is 4.79 Å². The summed E-state index contributed by atoms with van der Waals surface area (Å²) in [6.45, 7) is 5.13. The lowest BCUT2D eigenvalue weighted by molar-refractivity contribution is -0.134. The number of carbonyl (C=O) groups excluding carboxylic acids is 1. The van der Waals surface area contributed by atoms with Gasteiger partial charge in [-0.25, -0.2) is 8.78 Å². The van der Waals surface area contributed by atoms with Gasteiger partial charge in [-0.15, -0.1) is 12.4 Å². The van der Waals surface area contributed by atoms with Crippen molar-refractivity contribution in [2.75, 3.05) is 26.2 Å². The number of alkyl halides is 2. The molecular formula is C12H24ClF2N3O. The Bertz CT molecular complexity index is 280. The minimum Gasteiger partial charge on any atom is -0.340 e. The summed E-state index contributed by atoms with van der Waals surface area (Å²) in [4.78, 5) is 15.4. The molecule has 0 radical (unpaired) electrons. The summed E-state index contributed by atoms with van der Waals surface area (Å²) in [5, 5.41) is 0. The highest BCUT2D eigenvalue weighted by atomic mass is 35.5. The number of halogens is 3. The van der Waals surface area contributed by atoms with Crippen LogP contribution in [0.25, 0.3) is 0 Å². The molecule has 0 aromatic rings. The molecule has 0 aliphatic carbocycles. The molecule has 1 fully saturated rings. The Hall–Kier alpha value is -0.460. The largest absolute Gasteiger partial charge is 0.340 e. The highest BCUT2D eigenvalue weighted by Gasteiger charge is 2.29. The molecule has 0 aromatic carbocycles. The highest BCUT2D eigenvalue weighted by molar-refractivity contribution is 5.85. The molecule has 1 aliphatic rings. The van der Waals surface area contributed by atoms with Crippen molar-refractivity contribution in [1.82, 2.24) is 9.80 Å². The van der Waals surface area contributed by atoms with Crippen molar-refractivity contribution in [3.8, 4) is 0 Å². The lowest BCUT2D eigenvalue weighted by Crippen LogP contribution is -2.55. The fraction of sp³-hybridized carbons (Fsp3) is 0.917. The Morgan fingerprint density at radius 2 is 2.05 bits per heavy atom. The monoisotopic (exact) mass is 299 g/mol. The van der Waals surface area contributed by atoms with E-state index in [2.05, 4.69) is 0 Å². The molecule has 1 rings (SSSR count). The first-order chi connectivity index (χ1) is 8.43. The van der Waals surface area contributed by atoms with Crippen LogP contribution >= 0.6 is 12.4 Å². The predicted molar refractivity (Wildman–Crippen MR) is 73.8 cm³/mol. The van der Waals surface area contributed by atoms with E-state index in [1.165, 1.54) is 0 Å². The third-order valence-electron chi connectivity index (χ3n) is 3.30. The fourth-order valence-corrected chi connectivity index (χ4v) is 2.33. The Balaban J connectivity index is 0.00000324. The van der Waals surface area contributed by atoms with Gasteiger partial charge in [0.05, 0.1) is 6.54 Å². The van der Waals surface area contributed by atoms with Gasteiger partial charge in [0.2, 0.25) is 5.91 Å². The van der Waals surface area contributed by atoms with Crippen molar-refractivity contribution in [3.63, 3.8) is 0 Å². The molecule has 7 heteroatoms. The van der Waals surface area contributed by atoms with E-state index in [4.69, 9.17) is 5.73 Å². The Morgan fingerprint density at radius 1 is 1.42 bits per heavy atom. The van der Waals surface area contributed by atoms with Gasteiger partial charge in [-0.05, 0) is 13.3 Å². The molecule has 1 aliphatic heterocycles. The van der Waals surface area contributed by atoms with Crippen LogP contribution in [-0.4, -0.2) is 60.4 Å². The average Bonchev–Trinajstić information content (AvgIpc) is 2.27. The summed E-state index contributed by atoms with van der Waals surface area (Å²) in [6, 6.07) is -0.124. The number of nitrogens with two attached hydrogens (primary N) is 1.